The maximum absolute atomic E-state index is 13.4. The lowest BCUT2D eigenvalue weighted by Crippen LogP contribution is -2.33. The maximum atomic E-state index is 13.4. The number of aromatic nitrogens is 2. The van der Waals surface area contributed by atoms with Gasteiger partial charge in [0.1, 0.15) is 0 Å². The van der Waals surface area contributed by atoms with Gasteiger partial charge in [0.15, 0.2) is 0 Å². The number of carbonyl (C=O) groups excluding carboxylic acids is 1. The monoisotopic (exact) mass is 409 g/mol. The molecule has 0 fully saturated rings. The van der Waals surface area contributed by atoms with Crippen molar-refractivity contribution in [3.05, 3.63) is 45.1 Å². The van der Waals surface area contributed by atoms with Crippen molar-refractivity contribution in [2.75, 3.05) is 7.05 Å². The van der Waals surface area contributed by atoms with E-state index in [1.165, 1.54) is 16.8 Å². The number of nitrogens with zero attached hydrogens (tertiary/aromatic N) is 3. The Balaban J connectivity index is 2.28. The molecule has 26 heavy (non-hydrogen) atoms. The number of halogens is 5. The van der Waals surface area contributed by atoms with Crippen molar-refractivity contribution in [2.45, 2.75) is 26.2 Å². The minimum Gasteiger partial charge on any atom is -0.404 e. The van der Waals surface area contributed by atoms with E-state index in [9.17, 15) is 18.0 Å². The first-order valence-electron chi connectivity index (χ1n) is 7.44. The van der Waals surface area contributed by atoms with E-state index in [-0.39, 0.29) is 33.6 Å². The summed E-state index contributed by atoms with van der Waals surface area (Å²) in [5.41, 5.74) is 0.779. The van der Waals surface area contributed by atoms with Crippen LogP contribution in [-0.2, 0) is 13.6 Å². The van der Waals surface area contributed by atoms with E-state index in [4.69, 9.17) is 27.9 Å². The molecular formula is C16H16Cl2F3N3O2. The number of alkyl halides is 3. The highest BCUT2D eigenvalue weighted by molar-refractivity contribution is 6.38. The van der Waals surface area contributed by atoms with E-state index < -0.39 is 18.7 Å². The Morgan fingerprint density at radius 3 is 2.54 bits per heavy atom. The number of carbonyl (C=O) groups is 1. The first-order valence-corrected chi connectivity index (χ1v) is 8.19. The van der Waals surface area contributed by atoms with Crippen molar-refractivity contribution in [1.29, 1.82) is 0 Å². The second-order valence-corrected chi connectivity index (χ2v) is 6.43. The van der Waals surface area contributed by atoms with Gasteiger partial charge >= 0.3 is 5.97 Å². The van der Waals surface area contributed by atoms with Gasteiger partial charge in [-0.3, -0.25) is 4.90 Å². The topological polar surface area (TPSA) is 47.4 Å². The minimum absolute atomic E-state index is 0.0224. The van der Waals surface area contributed by atoms with Crippen LogP contribution in [0.1, 0.15) is 21.6 Å². The summed E-state index contributed by atoms with van der Waals surface area (Å²) in [6, 6.07) is 4.28. The highest BCUT2D eigenvalue weighted by Crippen LogP contribution is 2.31. The summed E-state index contributed by atoms with van der Waals surface area (Å²) in [6.45, 7) is 1.42. The van der Waals surface area contributed by atoms with Gasteiger partial charge in [0, 0.05) is 30.2 Å². The summed E-state index contributed by atoms with van der Waals surface area (Å²) in [5, 5.41) is 4.09. The molecule has 0 spiro atoms. The lowest BCUT2D eigenvalue weighted by molar-refractivity contribution is -0.0405. The molecule has 2 rings (SSSR count). The fourth-order valence-electron chi connectivity index (χ4n) is 2.26. The first-order chi connectivity index (χ1) is 12.1. The molecule has 10 heteroatoms. The van der Waals surface area contributed by atoms with Crippen LogP contribution in [0.5, 0.6) is 5.88 Å². The normalized spacial score (nSPS) is 12.7. The van der Waals surface area contributed by atoms with Crippen molar-refractivity contribution in [3.8, 4) is 5.88 Å². The molecule has 1 atom stereocenters. The fourth-order valence-corrected chi connectivity index (χ4v) is 2.83. The van der Waals surface area contributed by atoms with Gasteiger partial charge in [-0.05, 0) is 26.1 Å². The van der Waals surface area contributed by atoms with Gasteiger partial charge in [-0.2, -0.15) is 5.10 Å². The molecule has 1 aromatic carbocycles. The van der Waals surface area contributed by atoms with Crippen LogP contribution < -0.4 is 4.74 Å². The zero-order valence-electron chi connectivity index (χ0n) is 14.1. The zero-order chi connectivity index (χ0) is 19.6. The third kappa shape index (κ3) is 4.49. The van der Waals surface area contributed by atoms with Crippen LogP contribution in [0.25, 0.3) is 0 Å². The average Bonchev–Trinajstić information content (AvgIpc) is 2.87. The van der Waals surface area contributed by atoms with Gasteiger partial charge in [-0.25, -0.2) is 22.6 Å². The SMILES string of the molecule is Cc1cc(OC(=O)c2ccc(Cl)c(CN(C)C(F)C(F)F)c2Cl)n(C)n1. The molecule has 1 unspecified atom stereocenters. The molecule has 142 valence electrons. The summed E-state index contributed by atoms with van der Waals surface area (Å²) in [6.07, 6.45) is -5.67. The predicted octanol–water partition coefficient (Wildman–Crippen LogP) is 4.25. The number of benzene rings is 1. The van der Waals surface area contributed by atoms with E-state index in [0.717, 1.165) is 11.9 Å². The van der Waals surface area contributed by atoms with Crippen molar-refractivity contribution < 1.29 is 22.7 Å². The van der Waals surface area contributed by atoms with Crippen molar-refractivity contribution in [1.82, 2.24) is 14.7 Å². The van der Waals surface area contributed by atoms with Gasteiger partial charge in [-0.15, -0.1) is 0 Å². The van der Waals surface area contributed by atoms with Crippen molar-refractivity contribution in [3.63, 3.8) is 0 Å². The lowest BCUT2D eigenvalue weighted by Gasteiger charge is -2.22. The molecule has 0 aliphatic heterocycles. The Morgan fingerprint density at radius 1 is 1.35 bits per heavy atom. The molecule has 0 saturated heterocycles. The number of hydrogen-bond acceptors (Lipinski definition) is 4. The third-order valence-corrected chi connectivity index (χ3v) is 4.38. The van der Waals surface area contributed by atoms with E-state index in [1.54, 1.807) is 20.0 Å². The minimum atomic E-state index is -3.18. The van der Waals surface area contributed by atoms with E-state index in [2.05, 4.69) is 5.10 Å². The molecule has 0 aliphatic carbocycles. The molecule has 1 aromatic heterocycles. The van der Waals surface area contributed by atoms with Crippen LogP contribution in [0.15, 0.2) is 18.2 Å². The summed E-state index contributed by atoms with van der Waals surface area (Å²) >= 11 is 12.2. The van der Waals surface area contributed by atoms with Gasteiger partial charge in [0.05, 0.1) is 16.3 Å². The molecule has 0 bridgehead atoms. The molecule has 0 aliphatic rings. The molecule has 0 radical (unpaired) electrons. The summed E-state index contributed by atoms with van der Waals surface area (Å²) in [7, 11) is 2.76. The molecule has 5 nitrogen and oxygen atoms in total. The molecule has 0 amide bonds. The van der Waals surface area contributed by atoms with Crippen molar-refractivity contribution in [2.24, 2.45) is 7.05 Å². The van der Waals surface area contributed by atoms with E-state index in [0.29, 0.717) is 5.69 Å². The molecule has 2 aromatic rings. The van der Waals surface area contributed by atoms with Gasteiger partial charge in [0.25, 0.3) is 6.43 Å². The number of rotatable bonds is 6. The Morgan fingerprint density at radius 2 is 2.00 bits per heavy atom. The van der Waals surface area contributed by atoms with Crippen LogP contribution >= 0.6 is 23.2 Å². The number of esters is 1. The quantitative estimate of drug-likeness (QED) is 0.528. The summed E-state index contributed by atoms with van der Waals surface area (Å²) < 4.78 is 45.1. The van der Waals surface area contributed by atoms with Crippen LogP contribution in [0.3, 0.4) is 0 Å². The average molecular weight is 410 g/mol. The Labute approximate surface area is 158 Å². The fraction of sp³-hybridized carbons (Fsp3) is 0.375. The predicted molar refractivity (Wildman–Crippen MR) is 91.7 cm³/mol. The van der Waals surface area contributed by atoms with Gasteiger partial charge < -0.3 is 4.74 Å². The number of aryl methyl sites for hydroxylation is 2. The van der Waals surface area contributed by atoms with Crippen molar-refractivity contribution >= 4 is 29.2 Å². The zero-order valence-corrected chi connectivity index (χ0v) is 15.7. The number of ether oxygens (including phenoxy) is 1. The highest BCUT2D eigenvalue weighted by atomic mass is 35.5. The Bertz CT molecular complexity index is 814. The second kappa shape index (κ2) is 8.28. The summed E-state index contributed by atoms with van der Waals surface area (Å²) in [4.78, 5) is 13.1. The van der Waals surface area contributed by atoms with Gasteiger partial charge in [-0.1, -0.05) is 23.2 Å². The smallest absolute Gasteiger partial charge is 0.346 e. The van der Waals surface area contributed by atoms with Crippen LogP contribution in [-0.4, -0.2) is 40.4 Å². The van der Waals surface area contributed by atoms with Crippen LogP contribution in [0.4, 0.5) is 13.2 Å². The first kappa shape index (κ1) is 20.5. The second-order valence-electron chi connectivity index (χ2n) is 5.65. The number of hydrogen-bond donors (Lipinski definition) is 0. The third-order valence-electron chi connectivity index (χ3n) is 3.60. The van der Waals surface area contributed by atoms with E-state index >= 15 is 0 Å². The van der Waals surface area contributed by atoms with Crippen LogP contribution in [0, 0.1) is 6.92 Å². The van der Waals surface area contributed by atoms with Gasteiger partial charge in [0.2, 0.25) is 12.2 Å². The molecule has 1 heterocycles. The molecular weight excluding hydrogens is 394 g/mol. The lowest BCUT2D eigenvalue weighted by atomic mass is 10.1. The van der Waals surface area contributed by atoms with Crippen LogP contribution in [0.2, 0.25) is 10.0 Å². The Hall–Kier alpha value is -1.77. The maximum Gasteiger partial charge on any atom is 0.346 e. The summed E-state index contributed by atoms with van der Waals surface area (Å²) in [5.74, 6) is -0.567. The highest BCUT2D eigenvalue weighted by Gasteiger charge is 2.27. The van der Waals surface area contributed by atoms with E-state index in [1.807, 2.05) is 0 Å². The molecule has 0 saturated carbocycles. The Kier molecular flexibility index (Phi) is 6.54. The molecule has 0 N–H and O–H groups in total. The standard InChI is InChI=1S/C16H16Cl2F3N3O2/c1-8-6-12(24(3)22-8)26-16(25)9-4-5-11(17)10(13(9)18)7-23(2)15(21)14(19)20/h4-6,14-15H,7H2,1-3H3. The largest absolute Gasteiger partial charge is 0.404 e.